The van der Waals surface area contributed by atoms with E-state index in [4.69, 9.17) is 12.6 Å². The van der Waals surface area contributed by atoms with Crippen LogP contribution in [-0.2, 0) is 0 Å². The highest BCUT2D eigenvalue weighted by atomic mass is 32.1. The Kier molecular flexibility index (Phi) is 4.06. The van der Waals surface area contributed by atoms with Crippen molar-refractivity contribution in [3.63, 3.8) is 0 Å². The Balaban J connectivity index is 1.80. The van der Waals surface area contributed by atoms with Crippen LogP contribution in [0, 0.1) is 5.92 Å². The molecule has 2 aromatic carbocycles. The van der Waals surface area contributed by atoms with Crippen molar-refractivity contribution in [3.8, 4) is 0 Å². The fourth-order valence-corrected chi connectivity index (χ4v) is 2.80. The number of hydrogen-bond donors (Lipinski definition) is 1. The fraction of sp³-hybridized carbons (Fsp3) is 0.176. The molecule has 2 aromatic rings. The molecule has 0 radical (unpaired) electrons. The number of thiol groups is 1. The maximum absolute atomic E-state index is 4.72. The molecular weight excluding hydrogens is 278 g/mol. The first-order chi connectivity index (χ1) is 10.3. The van der Waals surface area contributed by atoms with Crippen molar-refractivity contribution in [2.24, 2.45) is 16.0 Å². The summed E-state index contributed by atoms with van der Waals surface area (Å²) in [7, 11) is 0. The Morgan fingerprint density at radius 1 is 1.05 bits per heavy atom. The molecule has 1 aliphatic rings. The molecule has 2 atom stereocenters. The van der Waals surface area contributed by atoms with Crippen molar-refractivity contribution in [3.05, 3.63) is 60.7 Å². The number of nitrogens with zero attached hydrogens (tertiary/aromatic N) is 3. The maximum atomic E-state index is 4.72. The lowest BCUT2D eigenvalue weighted by Gasteiger charge is -2.21. The predicted molar refractivity (Wildman–Crippen MR) is 92.9 cm³/mol. The molecule has 4 heteroatoms. The van der Waals surface area contributed by atoms with E-state index in [2.05, 4.69) is 10.1 Å². The number of para-hydroxylation sites is 2. The summed E-state index contributed by atoms with van der Waals surface area (Å²) in [4.78, 5) is 4.54. The number of rotatable bonds is 3. The normalized spacial score (nSPS) is 21.8. The van der Waals surface area contributed by atoms with E-state index >= 15 is 0 Å². The van der Waals surface area contributed by atoms with E-state index < -0.39 is 0 Å². The molecule has 1 heterocycles. The Morgan fingerprint density at radius 2 is 1.67 bits per heavy atom. The highest BCUT2D eigenvalue weighted by Crippen LogP contribution is 2.29. The summed E-state index contributed by atoms with van der Waals surface area (Å²) in [6.07, 6.45) is 1.94. The maximum Gasteiger partial charge on any atom is 0.108 e. The summed E-state index contributed by atoms with van der Waals surface area (Å²) in [5.41, 5.74) is 3.02. The van der Waals surface area contributed by atoms with Crippen LogP contribution in [0.1, 0.15) is 6.92 Å². The predicted octanol–water partition coefficient (Wildman–Crippen LogP) is 4.16. The highest BCUT2D eigenvalue weighted by molar-refractivity contribution is 7.81. The number of hydrogen-bond acceptors (Lipinski definition) is 4. The molecule has 21 heavy (non-hydrogen) atoms. The smallest absolute Gasteiger partial charge is 0.108 e. The van der Waals surface area contributed by atoms with Gasteiger partial charge in [0.15, 0.2) is 0 Å². The summed E-state index contributed by atoms with van der Waals surface area (Å²) in [6.45, 7) is 2.02. The molecule has 0 aromatic heterocycles. The van der Waals surface area contributed by atoms with Crippen LogP contribution in [-0.4, -0.2) is 17.3 Å². The molecule has 0 saturated carbocycles. The van der Waals surface area contributed by atoms with Crippen molar-refractivity contribution >= 4 is 35.9 Å². The number of hydrazone groups is 1. The van der Waals surface area contributed by atoms with Gasteiger partial charge in [0.2, 0.25) is 0 Å². The Hall–Kier alpha value is -2.07. The van der Waals surface area contributed by atoms with Crippen molar-refractivity contribution in [2.75, 3.05) is 5.01 Å². The molecule has 106 valence electrons. The van der Waals surface area contributed by atoms with Crippen LogP contribution < -0.4 is 5.01 Å². The molecule has 0 bridgehead atoms. The lowest BCUT2D eigenvalue weighted by molar-refractivity contribution is 0.815. The average molecular weight is 295 g/mol. The van der Waals surface area contributed by atoms with Gasteiger partial charge in [0.05, 0.1) is 17.3 Å². The van der Waals surface area contributed by atoms with Crippen LogP contribution in [0.5, 0.6) is 0 Å². The summed E-state index contributed by atoms with van der Waals surface area (Å²) in [5, 5.41) is 6.53. The van der Waals surface area contributed by atoms with Gasteiger partial charge in [-0.15, -0.1) is 0 Å². The van der Waals surface area contributed by atoms with Crippen LogP contribution >= 0.6 is 12.6 Å². The minimum atomic E-state index is -0.0279. The van der Waals surface area contributed by atoms with E-state index in [9.17, 15) is 0 Å². The SMILES string of the molecule is CC1=NN(c2ccccc2)C(S)C1C=Nc1ccccc1. The second-order valence-corrected chi connectivity index (χ2v) is 5.50. The minimum absolute atomic E-state index is 0.0279. The fourth-order valence-electron chi connectivity index (χ4n) is 2.32. The van der Waals surface area contributed by atoms with E-state index in [1.807, 2.05) is 78.8 Å². The first-order valence-electron chi connectivity index (χ1n) is 6.92. The third-order valence-corrected chi connectivity index (χ3v) is 4.02. The van der Waals surface area contributed by atoms with Gasteiger partial charge in [-0.2, -0.15) is 17.7 Å². The largest absolute Gasteiger partial charge is 0.260 e. The number of anilines is 1. The first-order valence-corrected chi connectivity index (χ1v) is 7.44. The van der Waals surface area contributed by atoms with Gasteiger partial charge in [-0.1, -0.05) is 36.4 Å². The molecule has 0 saturated heterocycles. The molecule has 0 fully saturated rings. The van der Waals surface area contributed by atoms with Crippen molar-refractivity contribution < 1.29 is 0 Å². The topological polar surface area (TPSA) is 28.0 Å². The zero-order valence-electron chi connectivity index (χ0n) is 11.8. The van der Waals surface area contributed by atoms with E-state index in [0.717, 1.165) is 17.1 Å². The third-order valence-electron chi connectivity index (χ3n) is 3.48. The minimum Gasteiger partial charge on any atom is -0.260 e. The van der Waals surface area contributed by atoms with Gasteiger partial charge in [0.1, 0.15) is 5.37 Å². The van der Waals surface area contributed by atoms with Crippen molar-refractivity contribution in [1.29, 1.82) is 0 Å². The summed E-state index contributed by atoms with van der Waals surface area (Å²) < 4.78 is 0. The average Bonchev–Trinajstić information content (AvgIpc) is 2.82. The molecule has 1 aliphatic heterocycles. The van der Waals surface area contributed by atoms with E-state index in [1.54, 1.807) is 0 Å². The van der Waals surface area contributed by atoms with Gasteiger partial charge in [-0.3, -0.25) is 10.0 Å². The van der Waals surface area contributed by atoms with Gasteiger partial charge in [-0.25, -0.2) is 0 Å². The highest BCUT2D eigenvalue weighted by Gasteiger charge is 2.32. The number of aliphatic imine (C=N–C) groups is 1. The van der Waals surface area contributed by atoms with Gasteiger partial charge in [0.25, 0.3) is 0 Å². The summed E-state index contributed by atoms with van der Waals surface area (Å²) in [6, 6.07) is 20.0. The molecule has 0 amide bonds. The lowest BCUT2D eigenvalue weighted by Crippen LogP contribution is -2.28. The second kappa shape index (κ2) is 6.14. The Bertz CT molecular complexity index is 652. The zero-order chi connectivity index (χ0) is 14.7. The first kappa shape index (κ1) is 13.9. The standard InChI is InChI=1S/C17H17N3S/c1-13-16(12-18-14-8-4-2-5-9-14)17(21)20(19-13)15-10-6-3-7-11-15/h2-12,16-17,21H,1H3. The molecule has 3 rings (SSSR count). The van der Waals surface area contributed by atoms with Gasteiger partial charge in [0, 0.05) is 11.9 Å². The monoisotopic (exact) mass is 295 g/mol. The molecular formula is C17H17N3S. The third kappa shape index (κ3) is 3.00. The van der Waals surface area contributed by atoms with Crippen LogP contribution in [0.4, 0.5) is 11.4 Å². The van der Waals surface area contributed by atoms with Crippen LogP contribution in [0.2, 0.25) is 0 Å². The second-order valence-electron chi connectivity index (χ2n) is 4.97. The summed E-state index contributed by atoms with van der Waals surface area (Å²) >= 11 is 4.72. The van der Waals surface area contributed by atoms with Crippen molar-refractivity contribution in [2.45, 2.75) is 12.3 Å². The summed E-state index contributed by atoms with van der Waals surface area (Å²) in [5.74, 6) is 0.105. The number of benzene rings is 2. The van der Waals surface area contributed by atoms with Crippen LogP contribution in [0.3, 0.4) is 0 Å². The Labute approximate surface area is 130 Å². The van der Waals surface area contributed by atoms with Crippen LogP contribution in [0.15, 0.2) is 70.8 Å². The molecule has 3 nitrogen and oxygen atoms in total. The van der Waals surface area contributed by atoms with Crippen LogP contribution in [0.25, 0.3) is 0 Å². The quantitative estimate of drug-likeness (QED) is 0.668. The van der Waals surface area contributed by atoms with Crippen molar-refractivity contribution in [1.82, 2.24) is 0 Å². The van der Waals surface area contributed by atoms with E-state index in [-0.39, 0.29) is 11.3 Å². The van der Waals surface area contributed by atoms with E-state index in [0.29, 0.717) is 0 Å². The molecule has 0 spiro atoms. The molecule has 2 unspecified atom stereocenters. The molecule has 0 N–H and O–H groups in total. The Morgan fingerprint density at radius 3 is 2.33 bits per heavy atom. The lowest BCUT2D eigenvalue weighted by atomic mass is 10.1. The van der Waals surface area contributed by atoms with Gasteiger partial charge < -0.3 is 0 Å². The zero-order valence-corrected chi connectivity index (χ0v) is 12.7. The van der Waals surface area contributed by atoms with Gasteiger partial charge >= 0.3 is 0 Å². The van der Waals surface area contributed by atoms with Gasteiger partial charge in [-0.05, 0) is 31.2 Å². The van der Waals surface area contributed by atoms with E-state index in [1.165, 1.54) is 0 Å². The molecule has 0 aliphatic carbocycles.